The van der Waals surface area contributed by atoms with Gasteiger partial charge in [0, 0.05) is 36.6 Å². The normalized spacial score (nSPS) is 14.7. The van der Waals surface area contributed by atoms with Crippen LogP contribution in [0.5, 0.6) is 0 Å². The van der Waals surface area contributed by atoms with E-state index in [1.807, 2.05) is 16.8 Å². The maximum absolute atomic E-state index is 4.81. The second kappa shape index (κ2) is 7.17. The Kier molecular flexibility index (Phi) is 4.57. The lowest BCUT2D eigenvalue weighted by atomic mass is 10.1. The van der Waals surface area contributed by atoms with Crippen molar-refractivity contribution in [2.24, 2.45) is 0 Å². The van der Waals surface area contributed by atoms with Crippen LogP contribution in [0.1, 0.15) is 37.0 Å². The lowest BCUT2D eigenvalue weighted by Crippen LogP contribution is -2.27. The lowest BCUT2D eigenvalue weighted by molar-refractivity contribution is 0.589. The van der Waals surface area contributed by atoms with Crippen LogP contribution in [0.3, 0.4) is 0 Å². The van der Waals surface area contributed by atoms with Crippen molar-refractivity contribution in [3.8, 4) is 11.4 Å². The van der Waals surface area contributed by atoms with Crippen LogP contribution in [0.15, 0.2) is 30.9 Å². The standard InChI is InChI=1S/C18H22N8/c1-3-26-18(21-11-22-26)12(2)23-17-14-6-8-20-10-15(14)24-16(25-17)13-5-4-7-19-9-13/h4-5,7,9,11-12,20H,3,6,8,10H2,1-2H3,(H,23,24,25)/t12-/m1/s1. The number of aryl methyl sites for hydroxylation is 1. The van der Waals surface area contributed by atoms with Gasteiger partial charge in [0.15, 0.2) is 5.82 Å². The molecule has 0 radical (unpaired) electrons. The number of hydrogen-bond acceptors (Lipinski definition) is 7. The third-order valence-corrected chi connectivity index (χ3v) is 4.54. The van der Waals surface area contributed by atoms with E-state index in [1.165, 1.54) is 5.56 Å². The Labute approximate surface area is 152 Å². The molecule has 1 aliphatic heterocycles. The summed E-state index contributed by atoms with van der Waals surface area (Å²) in [7, 11) is 0. The molecular weight excluding hydrogens is 328 g/mol. The molecule has 1 aliphatic rings. The smallest absolute Gasteiger partial charge is 0.163 e. The van der Waals surface area contributed by atoms with Crippen molar-refractivity contribution >= 4 is 5.82 Å². The Morgan fingerprint density at radius 2 is 2.27 bits per heavy atom. The first kappa shape index (κ1) is 16.6. The highest BCUT2D eigenvalue weighted by Gasteiger charge is 2.21. The van der Waals surface area contributed by atoms with E-state index in [0.29, 0.717) is 5.82 Å². The zero-order chi connectivity index (χ0) is 17.9. The van der Waals surface area contributed by atoms with E-state index < -0.39 is 0 Å². The summed E-state index contributed by atoms with van der Waals surface area (Å²) >= 11 is 0. The summed E-state index contributed by atoms with van der Waals surface area (Å²) in [4.78, 5) is 18.2. The fraction of sp³-hybridized carbons (Fsp3) is 0.389. The monoisotopic (exact) mass is 350 g/mol. The first-order chi connectivity index (χ1) is 12.8. The molecule has 134 valence electrons. The summed E-state index contributed by atoms with van der Waals surface area (Å²) in [6, 6.07) is 3.87. The van der Waals surface area contributed by atoms with Gasteiger partial charge in [0.2, 0.25) is 0 Å². The van der Waals surface area contributed by atoms with Gasteiger partial charge >= 0.3 is 0 Å². The molecule has 0 fully saturated rings. The third-order valence-electron chi connectivity index (χ3n) is 4.54. The second-order valence-electron chi connectivity index (χ2n) is 6.29. The van der Waals surface area contributed by atoms with E-state index in [-0.39, 0.29) is 6.04 Å². The Balaban J connectivity index is 1.72. The Morgan fingerprint density at radius 3 is 3.08 bits per heavy atom. The van der Waals surface area contributed by atoms with Gasteiger partial charge in [-0.2, -0.15) is 5.10 Å². The highest BCUT2D eigenvalue weighted by molar-refractivity contribution is 5.59. The lowest BCUT2D eigenvalue weighted by Gasteiger charge is -2.23. The van der Waals surface area contributed by atoms with E-state index in [9.17, 15) is 0 Å². The number of aromatic nitrogens is 6. The maximum Gasteiger partial charge on any atom is 0.163 e. The molecule has 1 atom stereocenters. The molecule has 4 rings (SSSR count). The minimum absolute atomic E-state index is 0.00640. The van der Waals surface area contributed by atoms with Gasteiger partial charge in [0.1, 0.15) is 18.0 Å². The van der Waals surface area contributed by atoms with Gasteiger partial charge in [-0.25, -0.2) is 19.6 Å². The molecule has 0 amide bonds. The fourth-order valence-electron chi connectivity index (χ4n) is 3.22. The molecule has 2 N–H and O–H groups in total. The Bertz CT molecular complexity index is 889. The average molecular weight is 350 g/mol. The molecule has 4 heterocycles. The quantitative estimate of drug-likeness (QED) is 0.726. The molecule has 26 heavy (non-hydrogen) atoms. The number of hydrogen-bond donors (Lipinski definition) is 2. The molecule has 8 nitrogen and oxygen atoms in total. The molecule has 0 saturated carbocycles. The predicted octanol–water partition coefficient (Wildman–Crippen LogP) is 1.97. The van der Waals surface area contributed by atoms with E-state index in [4.69, 9.17) is 9.97 Å². The van der Waals surface area contributed by atoms with Gasteiger partial charge in [-0.1, -0.05) is 0 Å². The zero-order valence-electron chi connectivity index (χ0n) is 15.0. The van der Waals surface area contributed by atoms with Crippen molar-refractivity contribution in [2.45, 2.75) is 39.4 Å². The molecule has 0 spiro atoms. The van der Waals surface area contributed by atoms with Gasteiger partial charge in [0.05, 0.1) is 11.7 Å². The van der Waals surface area contributed by atoms with Gasteiger partial charge < -0.3 is 10.6 Å². The summed E-state index contributed by atoms with van der Waals surface area (Å²) < 4.78 is 1.90. The number of anilines is 1. The molecule has 8 heteroatoms. The molecule has 0 unspecified atom stereocenters. The Hall–Kier alpha value is -2.87. The van der Waals surface area contributed by atoms with Crippen LogP contribution in [0, 0.1) is 0 Å². The molecule has 0 bridgehead atoms. The van der Waals surface area contributed by atoms with Crippen molar-refractivity contribution in [3.05, 3.63) is 47.9 Å². The minimum atomic E-state index is -0.00640. The molecule has 3 aromatic rings. The molecule has 0 aliphatic carbocycles. The van der Waals surface area contributed by atoms with E-state index >= 15 is 0 Å². The number of pyridine rings is 1. The van der Waals surface area contributed by atoms with Crippen LogP contribution >= 0.6 is 0 Å². The van der Waals surface area contributed by atoms with E-state index in [1.54, 1.807) is 18.7 Å². The number of fused-ring (bicyclic) bond motifs is 1. The minimum Gasteiger partial charge on any atom is -0.360 e. The summed E-state index contributed by atoms with van der Waals surface area (Å²) in [6.45, 7) is 6.60. The summed E-state index contributed by atoms with van der Waals surface area (Å²) in [6.07, 6.45) is 6.04. The van der Waals surface area contributed by atoms with Crippen LogP contribution < -0.4 is 10.6 Å². The highest BCUT2D eigenvalue weighted by Crippen LogP contribution is 2.27. The van der Waals surface area contributed by atoms with Crippen molar-refractivity contribution in [1.29, 1.82) is 0 Å². The number of rotatable bonds is 5. The Morgan fingerprint density at radius 1 is 1.35 bits per heavy atom. The van der Waals surface area contributed by atoms with Crippen LogP contribution in [0.25, 0.3) is 11.4 Å². The molecule has 0 aromatic carbocycles. The van der Waals surface area contributed by atoms with Crippen LogP contribution in [0.2, 0.25) is 0 Å². The van der Waals surface area contributed by atoms with E-state index in [2.05, 4.69) is 39.5 Å². The third kappa shape index (κ3) is 3.15. The molecular formula is C18H22N8. The van der Waals surface area contributed by atoms with Crippen molar-refractivity contribution < 1.29 is 0 Å². The summed E-state index contributed by atoms with van der Waals surface area (Å²) in [5.74, 6) is 2.46. The van der Waals surface area contributed by atoms with Crippen molar-refractivity contribution in [2.75, 3.05) is 11.9 Å². The SMILES string of the molecule is CCn1ncnc1[C@@H](C)Nc1nc(-c2cccnc2)nc2c1CCNC2. The van der Waals surface area contributed by atoms with Crippen molar-refractivity contribution in [1.82, 2.24) is 35.0 Å². The topological polar surface area (TPSA) is 93.4 Å². The number of nitrogens with one attached hydrogen (secondary N) is 2. The van der Waals surface area contributed by atoms with Gasteiger partial charge in [-0.05, 0) is 38.9 Å². The summed E-state index contributed by atoms with van der Waals surface area (Å²) in [5.41, 5.74) is 3.12. The predicted molar refractivity (Wildman–Crippen MR) is 98.4 cm³/mol. The van der Waals surface area contributed by atoms with Crippen LogP contribution in [-0.2, 0) is 19.5 Å². The summed E-state index contributed by atoms with van der Waals surface area (Å²) in [5, 5.41) is 11.2. The largest absolute Gasteiger partial charge is 0.360 e. The number of nitrogens with zero attached hydrogens (tertiary/aromatic N) is 6. The second-order valence-corrected chi connectivity index (χ2v) is 6.29. The first-order valence-electron chi connectivity index (χ1n) is 8.91. The van der Waals surface area contributed by atoms with Gasteiger partial charge in [0.25, 0.3) is 0 Å². The van der Waals surface area contributed by atoms with E-state index in [0.717, 1.165) is 49.0 Å². The maximum atomic E-state index is 4.81. The average Bonchev–Trinajstić information content (AvgIpc) is 3.17. The van der Waals surface area contributed by atoms with Crippen LogP contribution in [0.4, 0.5) is 5.82 Å². The van der Waals surface area contributed by atoms with Crippen molar-refractivity contribution in [3.63, 3.8) is 0 Å². The zero-order valence-corrected chi connectivity index (χ0v) is 15.0. The van der Waals surface area contributed by atoms with Gasteiger partial charge in [-0.15, -0.1) is 0 Å². The molecule has 3 aromatic heterocycles. The molecule has 0 saturated heterocycles. The van der Waals surface area contributed by atoms with Gasteiger partial charge in [-0.3, -0.25) is 4.98 Å². The first-order valence-corrected chi connectivity index (χ1v) is 8.91. The fourth-order valence-corrected chi connectivity index (χ4v) is 3.22. The highest BCUT2D eigenvalue weighted by atomic mass is 15.3. The van der Waals surface area contributed by atoms with Crippen LogP contribution in [-0.4, -0.2) is 36.3 Å².